The van der Waals surface area contributed by atoms with Crippen LogP contribution in [0.4, 0.5) is 5.69 Å². The average molecular weight is 559 g/mol. The molecule has 0 unspecified atom stereocenters. The fourth-order valence-corrected chi connectivity index (χ4v) is 6.17. The lowest BCUT2D eigenvalue weighted by atomic mass is 10.0. The highest BCUT2D eigenvalue weighted by Crippen LogP contribution is 2.28. The van der Waals surface area contributed by atoms with E-state index in [4.69, 9.17) is 9.47 Å². The number of nitrogens with zero attached hydrogens (tertiary/aromatic N) is 3. The Hall–Kier alpha value is -2.99. The zero-order valence-corrected chi connectivity index (χ0v) is 23.7. The van der Waals surface area contributed by atoms with Crippen LogP contribution in [0.5, 0.6) is 5.75 Å². The summed E-state index contributed by atoms with van der Waals surface area (Å²) in [6, 6.07) is 12.9. The topological polar surface area (TPSA) is 101 Å². The predicted molar refractivity (Wildman–Crippen MR) is 148 cm³/mol. The van der Waals surface area contributed by atoms with Gasteiger partial charge in [0.25, 0.3) is 15.9 Å². The number of carbonyl (C=O) groups excluding carboxylic acids is 1. The fourth-order valence-electron chi connectivity index (χ4n) is 4.45. The van der Waals surface area contributed by atoms with Crippen LogP contribution in [0.2, 0.25) is 0 Å². The Morgan fingerprint density at radius 2 is 1.92 bits per heavy atom. The zero-order chi connectivity index (χ0) is 27.3. The quantitative estimate of drug-likeness (QED) is 0.489. The number of rotatable bonds is 6. The molecule has 9 nitrogen and oxygen atoms in total. The summed E-state index contributed by atoms with van der Waals surface area (Å²) in [6.07, 6.45) is 1.61. The molecule has 0 fully saturated rings. The summed E-state index contributed by atoms with van der Waals surface area (Å²) < 4.78 is 40.4. The van der Waals surface area contributed by atoms with Crippen molar-refractivity contribution in [1.82, 2.24) is 14.8 Å². The molecule has 0 aliphatic carbocycles. The fraction of sp³-hybridized carbons (Fsp3) is 0.407. The first-order valence-corrected chi connectivity index (χ1v) is 14.8. The number of benzene rings is 2. The van der Waals surface area contributed by atoms with Crippen LogP contribution in [0, 0.1) is 5.92 Å². The van der Waals surface area contributed by atoms with Crippen LogP contribution < -0.4 is 9.46 Å². The molecule has 2 heterocycles. The van der Waals surface area contributed by atoms with E-state index in [9.17, 15) is 13.2 Å². The molecule has 0 spiro atoms. The van der Waals surface area contributed by atoms with E-state index < -0.39 is 10.0 Å². The van der Waals surface area contributed by atoms with Crippen LogP contribution in [0.15, 0.2) is 65.0 Å². The summed E-state index contributed by atoms with van der Waals surface area (Å²) >= 11 is 1.62. The Bertz CT molecular complexity index is 1320. The van der Waals surface area contributed by atoms with Crippen LogP contribution in [0.3, 0.4) is 0 Å². The molecule has 0 saturated heterocycles. The molecule has 11 heteroatoms. The monoisotopic (exact) mass is 558 g/mol. The third-order valence-electron chi connectivity index (χ3n) is 6.70. The minimum absolute atomic E-state index is 0.0234. The van der Waals surface area contributed by atoms with Crippen molar-refractivity contribution in [3.8, 4) is 5.75 Å². The molecule has 1 amide bonds. The maximum atomic E-state index is 13.6. The molecule has 1 aliphatic rings. The number of anilines is 1. The van der Waals surface area contributed by atoms with Gasteiger partial charge in [-0.3, -0.25) is 14.4 Å². The molecule has 204 valence electrons. The average Bonchev–Trinajstić information content (AvgIpc) is 3.42. The summed E-state index contributed by atoms with van der Waals surface area (Å²) in [4.78, 5) is 22.1. The number of ether oxygens (including phenoxy) is 2. The zero-order valence-electron chi connectivity index (χ0n) is 22.0. The Kier molecular flexibility index (Phi) is 9.03. The smallest absolute Gasteiger partial charge is 0.261 e. The van der Waals surface area contributed by atoms with Gasteiger partial charge in [0.05, 0.1) is 23.1 Å². The number of hydrogen-bond acceptors (Lipinski definition) is 8. The number of fused-ring (bicyclic) bond motifs is 1. The van der Waals surface area contributed by atoms with Crippen molar-refractivity contribution in [1.29, 1.82) is 0 Å². The minimum atomic E-state index is -3.82. The highest BCUT2D eigenvalue weighted by Gasteiger charge is 2.29. The first-order valence-electron chi connectivity index (χ1n) is 12.4. The molecule has 0 bridgehead atoms. The maximum Gasteiger partial charge on any atom is 0.261 e. The van der Waals surface area contributed by atoms with Gasteiger partial charge >= 0.3 is 0 Å². The number of likely N-dealkylation sites (N-methyl/N-ethyl adjacent to an activating group) is 1. The van der Waals surface area contributed by atoms with Crippen LogP contribution in [0.25, 0.3) is 0 Å². The lowest BCUT2D eigenvalue weighted by Crippen LogP contribution is -2.46. The Balaban J connectivity index is 1.65. The van der Waals surface area contributed by atoms with Gasteiger partial charge in [0.2, 0.25) is 0 Å². The van der Waals surface area contributed by atoms with Crippen molar-refractivity contribution in [2.24, 2.45) is 5.92 Å². The van der Waals surface area contributed by atoms with E-state index in [-0.39, 0.29) is 40.1 Å². The van der Waals surface area contributed by atoms with Crippen molar-refractivity contribution in [3.63, 3.8) is 0 Å². The van der Waals surface area contributed by atoms with Crippen molar-refractivity contribution < 1.29 is 22.7 Å². The van der Waals surface area contributed by atoms with E-state index in [2.05, 4.69) is 28.5 Å². The van der Waals surface area contributed by atoms with Gasteiger partial charge < -0.3 is 14.4 Å². The standard InChI is InChI=1S/C27H34N4O5S2/c1-19-15-31(17-26-28-12-13-37-26)20(2)18-36-24-11-10-21(29-38(33,34)22-8-6-5-7-9-22)14-23(24)27(32)30(3)16-25(19)35-4/h5-14,19-20,25,29H,15-18H2,1-4H3/t19-,20+,25+/m0/s1. The van der Waals surface area contributed by atoms with Gasteiger partial charge in [-0.15, -0.1) is 11.3 Å². The van der Waals surface area contributed by atoms with Gasteiger partial charge in [0.1, 0.15) is 17.4 Å². The molecule has 2 aromatic carbocycles. The Morgan fingerprint density at radius 1 is 1.16 bits per heavy atom. The molecule has 3 aromatic rings. The number of hydrogen-bond donors (Lipinski definition) is 1. The molecular formula is C27H34N4O5S2. The third-order valence-corrected chi connectivity index (χ3v) is 8.86. The van der Waals surface area contributed by atoms with Crippen molar-refractivity contribution in [3.05, 3.63) is 70.7 Å². The highest BCUT2D eigenvalue weighted by atomic mass is 32.2. The third kappa shape index (κ3) is 6.71. The van der Waals surface area contributed by atoms with E-state index in [0.29, 0.717) is 25.4 Å². The lowest BCUT2D eigenvalue weighted by Gasteiger charge is -2.35. The molecule has 1 aromatic heterocycles. The SMILES string of the molecule is CO[C@@H]1CN(C)C(=O)c2cc(NS(=O)(=O)c3ccccc3)ccc2OC[C@@H](C)N(Cc2nccs2)C[C@@H]1C. The summed E-state index contributed by atoms with van der Waals surface area (Å²) in [6.45, 7) is 6.35. The predicted octanol–water partition coefficient (Wildman–Crippen LogP) is 3.95. The number of aromatic nitrogens is 1. The Labute approximate surface area is 228 Å². The van der Waals surface area contributed by atoms with E-state index in [1.54, 1.807) is 66.9 Å². The van der Waals surface area contributed by atoms with E-state index in [0.717, 1.165) is 11.6 Å². The van der Waals surface area contributed by atoms with Crippen LogP contribution in [-0.4, -0.2) is 75.1 Å². The van der Waals surface area contributed by atoms with Gasteiger partial charge in [-0.2, -0.15) is 0 Å². The van der Waals surface area contributed by atoms with Crippen molar-refractivity contribution in [2.45, 2.75) is 37.4 Å². The summed E-state index contributed by atoms with van der Waals surface area (Å²) in [5.41, 5.74) is 0.558. The molecule has 38 heavy (non-hydrogen) atoms. The summed E-state index contributed by atoms with van der Waals surface area (Å²) in [5, 5.41) is 2.99. The number of carbonyl (C=O) groups is 1. The van der Waals surface area contributed by atoms with Crippen molar-refractivity contribution in [2.75, 3.05) is 38.6 Å². The lowest BCUT2D eigenvalue weighted by molar-refractivity contribution is 0.00921. The number of methoxy groups -OCH3 is 1. The first-order chi connectivity index (χ1) is 18.2. The number of nitrogens with one attached hydrogen (secondary N) is 1. The van der Waals surface area contributed by atoms with Crippen LogP contribution in [0.1, 0.15) is 29.2 Å². The molecule has 3 atom stereocenters. The van der Waals surface area contributed by atoms with E-state index in [1.807, 2.05) is 5.38 Å². The summed E-state index contributed by atoms with van der Waals surface area (Å²) in [5.74, 6) is 0.247. The molecule has 1 N–H and O–H groups in total. The van der Waals surface area contributed by atoms with Gasteiger partial charge in [0, 0.05) is 50.6 Å². The van der Waals surface area contributed by atoms with Gasteiger partial charge in [-0.25, -0.2) is 13.4 Å². The van der Waals surface area contributed by atoms with Crippen LogP contribution >= 0.6 is 11.3 Å². The second-order valence-corrected chi connectivity index (χ2v) is 12.2. The number of sulfonamides is 1. The van der Waals surface area contributed by atoms with Crippen LogP contribution in [-0.2, 0) is 21.3 Å². The number of amides is 1. The molecule has 1 aliphatic heterocycles. The molecule has 4 rings (SSSR count). The van der Waals surface area contributed by atoms with E-state index >= 15 is 0 Å². The molecular weight excluding hydrogens is 524 g/mol. The van der Waals surface area contributed by atoms with Gasteiger partial charge in [0.15, 0.2) is 0 Å². The second-order valence-electron chi connectivity index (χ2n) is 9.58. The number of thiazole rings is 1. The first kappa shape index (κ1) is 28.0. The van der Waals surface area contributed by atoms with Gasteiger partial charge in [-0.05, 0) is 43.2 Å². The second kappa shape index (κ2) is 12.2. The molecule has 0 radical (unpaired) electrons. The van der Waals surface area contributed by atoms with Crippen molar-refractivity contribution >= 4 is 33.0 Å². The molecule has 0 saturated carbocycles. The van der Waals surface area contributed by atoms with E-state index in [1.165, 1.54) is 18.2 Å². The maximum absolute atomic E-state index is 13.6. The minimum Gasteiger partial charge on any atom is -0.491 e. The normalized spacial score (nSPS) is 21.6. The Morgan fingerprint density at radius 3 is 2.61 bits per heavy atom. The summed E-state index contributed by atoms with van der Waals surface area (Å²) in [7, 11) is -0.443. The largest absolute Gasteiger partial charge is 0.491 e. The van der Waals surface area contributed by atoms with Gasteiger partial charge in [-0.1, -0.05) is 25.1 Å². The highest BCUT2D eigenvalue weighted by molar-refractivity contribution is 7.92.